The summed E-state index contributed by atoms with van der Waals surface area (Å²) in [7, 11) is -2.26. The summed E-state index contributed by atoms with van der Waals surface area (Å²) < 4.78 is 32.4. The molecule has 1 atom stereocenters. The molecule has 1 aromatic carbocycles. The summed E-state index contributed by atoms with van der Waals surface area (Å²) in [6, 6.07) is 7.10. The third-order valence-corrected chi connectivity index (χ3v) is 7.23. The SMILES string of the molecule is COc1cc(NC(=O)C(C)NS(=O)(=O)c2cccs2)ccc1N1CCCC1=O. The van der Waals surface area contributed by atoms with Crippen molar-refractivity contribution in [2.75, 3.05) is 23.9 Å². The van der Waals surface area contributed by atoms with Gasteiger partial charge >= 0.3 is 0 Å². The van der Waals surface area contributed by atoms with E-state index in [9.17, 15) is 18.0 Å². The number of thiophene rings is 1. The summed E-state index contributed by atoms with van der Waals surface area (Å²) in [5.74, 6) is -0.0151. The van der Waals surface area contributed by atoms with Crippen molar-refractivity contribution in [3.05, 3.63) is 35.7 Å². The van der Waals surface area contributed by atoms with Gasteiger partial charge in [-0.15, -0.1) is 11.3 Å². The van der Waals surface area contributed by atoms with Crippen LogP contribution in [0.3, 0.4) is 0 Å². The molecule has 2 amide bonds. The minimum atomic E-state index is -3.75. The fraction of sp³-hybridized carbons (Fsp3) is 0.333. The largest absolute Gasteiger partial charge is 0.494 e. The molecule has 1 fully saturated rings. The van der Waals surface area contributed by atoms with Crippen LogP contribution in [0.15, 0.2) is 39.9 Å². The summed E-state index contributed by atoms with van der Waals surface area (Å²) in [6.07, 6.45) is 1.30. The van der Waals surface area contributed by atoms with E-state index >= 15 is 0 Å². The second-order valence-electron chi connectivity index (χ2n) is 6.30. The average Bonchev–Trinajstić information content (AvgIpc) is 3.33. The molecule has 1 aliphatic heterocycles. The van der Waals surface area contributed by atoms with Crippen LogP contribution in [0, 0.1) is 0 Å². The van der Waals surface area contributed by atoms with E-state index in [-0.39, 0.29) is 10.1 Å². The Balaban J connectivity index is 1.70. The van der Waals surface area contributed by atoms with Crippen molar-refractivity contribution in [1.82, 2.24) is 4.72 Å². The molecule has 28 heavy (non-hydrogen) atoms. The zero-order valence-electron chi connectivity index (χ0n) is 15.5. The van der Waals surface area contributed by atoms with Crippen molar-refractivity contribution in [2.45, 2.75) is 30.0 Å². The minimum Gasteiger partial charge on any atom is -0.494 e. The van der Waals surface area contributed by atoms with Gasteiger partial charge in [0.15, 0.2) is 0 Å². The Morgan fingerprint density at radius 1 is 1.32 bits per heavy atom. The van der Waals surface area contributed by atoms with Crippen LogP contribution in [-0.4, -0.2) is 39.9 Å². The molecule has 0 saturated carbocycles. The number of sulfonamides is 1. The van der Waals surface area contributed by atoms with Crippen molar-refractivity contribution in [2.24, 2.45) is 0 Å². The lowest BCUT2D eigenvalue weighted by Gasteiger charge is -2.20. The van der Waals surface area contributed by atoms with Crippen molar-refractivity contribution in [3.8, 4) is 5.75 Å². The first-order valence-corrected chi connectivity index (χ1v) is 11.0. The van der Waals surface area contributed by atoms with Crippen LogP contribution in [0.1, 0.15) is 19.8 Å². The highest BCUT2D eigenvalue weighted by molar-refractivity contribution is 7.91. The number of amides is 2. The molecule has 0 aliphatic carbocycles. The molecule has 2 N–H and O–H groups in total. The Labute approximate surface area is 167 Å². The maximum atomic E-state index is 12.4. The molecule has 10 heteroatoms. The van der Waals surface area contributed by atoms with Crippen molar-refractivity contribution in [1.29, 1.82) is 0 Å². The molecule has 1 saturated heterocycles. The Morgan fingerprint density at radius 2 is 2.11 bits per heavy atom. The summed E-state index contributed by atoms with van der Waals surface area (Å²) in [6.45, 7) is 2.09. The van der Waals surface area contributed by atoms with Gasteiger partial charge in [0.1, 0.15) is 9.96 Å². The molecule has 150 valence electrons. The van der Waals surface area contributed by atoms with Crippen LogP contribution >= 0.6 is 11.3 Å². The molecule has 0 radical (unpaired) electrons. The molecule has 1 aromatic heterocycles. The van der Waals surface area contributed by atoms with E-state index in [4.69, 9.17) is 4.74 Å². The molecule has 1 unspecified atom stereocenters. The predicted octanol–water partition coefficient (Wildman–Crippen LogP) is 2.19. The molecule has 0 spiro atoms. The van der Waals surface area contributed by atoms with Gasteiger partial charge in [0, 0.05) is 24.7 Å². The first kappa shape index (κ1) is 20.3. The lowest BCUT2D eigenvalue weighted by molar-refractivity contribution is -0.118. The van der Waals surface area contributed by atoms with Crippen LogP contribution in [0.2, 0.25) is 0 Å². The Hall–Kier alpha value is -2.43. The van der Waals surface area contributed by atoms with E-state index in [1.54, 1.807) is 34.5 Å². The number of hydrogen-bond donors (Lipinski definition) is 2. The highest BCUT2D eigenvalue weighted by atomic mass is 32.2. The second-order valence-corrected chi connectivity index (χ2v) is 9.19. The van der Waals surface area contributed by atoms with Crippen LogP contribution < -0.4 is 19.7 Å². The van der Waals surface area contributed by atoms with E-state index in [0.717, 1.165) is 17.8 Å². The highest BCUT2D eigenvalue weighted by Gasteiger charge is 2.26. The number of nitrogens with one attached hydrogen (secondary N) is 2. The third kappa shape index (κ3) is 4.34. The van der Waals surface area contributed by atoms with Gasteiger partial charge < -0.3 is 15.0 Å². The maximum Gasteiger partial charge on any atom is 0.250 e. The standard InChI is InChI=1S/C18H21N3O5S2/c1-12(20-28(24,25)17-6-4-10-27-17)18(23)19-13-7-8-14(15(11-13)26-2)21-9-3-5-16(21)22/h4,6-8,10-12,20H,3,5,9H2,1-2H3,(H,19,23). The van der Waals surface area contributed by atoms with Gasteiger partial charge in [-0.2, -0.15) is 4.72 Å². The number of hydrogen-bond acceptors (Lipinski definition) is 6. The van der Waals surface area contributed by atoms with E-state index in [1.165, 1.54) is 20.1 Å². The van der Waals surface area contributed by atoms with Crippen molar-refractivity contribution >= 4 is 44.5 Å². The number of rotatable bonds is 7. The van der Waals surface area contributed by atoms with E-state index in [2.05, 4.69) is 10.0 Å². The number of anilines is 2. The number of carbonyl (C=O) groups is 2. The molecular weight excluding hydrogens is 402 g/mol. The topological polar surface area (TPSA) is 105 Å². The third-order valence-electron chi connectivity index (χ3n) is 4.30. The number of methoxy groups -OCH3 is 1. The molecule has 1 aliphatic rings. The van der Waals surface area contributed by atoms with Gasteiger partial charge in [0.2, 0.25) is 11.8 Å². The van der Waals surface area contributed by atoms with Crippen LogP contribution in [0.4, 0.5) is 11.4 Å². The Morgan fingerprint density at radius 3 is 2.71 bits per heavy atom. The summed E-state index contributed by atoms with van der Waals surface area (Å²) >= 11 is 1.08. The van der Waals surface area contributed by atoms with Gasteiger partial charge in [-0.05, 0) is 36.9 Å². The van der Waals surface area contributed by atoms with Gasteiger partial charge in [-0.1, -0.05) is 6.07 Å². The lowest BCUT2D eigenvalue weighted by Crippen LogP contribution is -2.41. The fourth-order valence-corrected chi connectivity index (χ4v) is 5.10. The van der Waals surface area contributed by atoms with Crippen molar-refractivity contribution in [3.63, 3.8) is 0 Å². The number of carbonyl (C=O) groups excluding carboxylic acids is 2. The summed E-state index contributed by atoms with van der Waals surface area (Å²) in [4.78, 5) is 26.0. The second kappa shape index (κ2) is 8.29. The predicted molar refractivity (Wildman–Crippen MR) is 107 cm³/mol. The number of ether oxygens (including phenoxy) is 1. The number of benzene rings is 1. The van der Waals surface area contributed by atoms with Crippen LogP contribution in [-0.2, 0) is 19.6 Å². The van der Waals surface area contributed by atoms with E-state index < -0.39 is 22.0 Å². The zero-order chi connectivity index (χ0) is 20.3. The average molecular weight is 424 g/mol. The minimum absolute atomic E-state index is 0.0340. The molecule has 3 rings (SSSR count). The van der Waals surface area contributed by atoms with Gasteiger partial charge in [-0.3, -0.25) is 9.59 Å². The molecule has 2 aromatic rings. The lowest BCUT2D eigenvalue weighted by atomic mass is 10.2. The molecular formula is C18H21N3O5S2. The van der Waals surface area contributed by atoms with Gasteiger partial charge in [0.25, 0.3) is 10.0 Å². The quantitative estimate of drug-likeness (QED) is 0.710. The van der Waals surface area contributed by atoms with E-state index in [1.807, 2.05) is 0 Å². The zero-order valence-corrected chi connectivity index (χ0v) is 17.1. The Bertz CT molecular complexity index is 973. The monoisotopic (exact) mass is 423 g/mol. The summed E-state index contributed by atoms with van der Waals surface area (Å²) in [5, 5.41) is 4.32. The smallest absolute Gasteiger partial charge is 0.250 e. The van der Waals surface area contributed by atoms with Gasteiger partial charge in [-0.25, -0.2) is 8.42 Å². The molecule has 8 nitrogen and oxygen atoms in total. The first-order chi connectivity index (χ1) is 13.3. The van der Waals surface area contributed by atoms with Crippen LogP contribution in [0.25, 0.3) is 0 Å². The first-order valence-electron chi connectivity index (χ1n) is 8.67. The Kier molecular flexibility index (Phi) is 6.01. The molecule has 0 bridgehead atoms. The normalized spacial score (nSPS) is 15.5. The maximum absolute atomic E-state index is 12.4. The number of nitrogens with zero attached hydrogens (tertiary/aromatic N) is 1. The highest BCUT2D eigenvalue weighted by Crippen LogP contribution is 2.33. The van der Waals surface area contributed by atoms with Crippen LogP contribution in [0.5, 0.6) is 5.75 Å². The molecule has 2 heterocycles. The van der Waals surface area contributed by atoms with Crippen molar-refractivity contribution < 1.29 is 22.7 Å². The van der Waals surface area contributed by atoms with E-state index in [0.29, 0.717) is 30.1 Å². The fourth-order valence-electron chi connectivity index (χ4n) is 2.89. The summed E-state index contributed by atoms with van der Waals surface area (Å²) in [5.41, 5.74) is 1.09. The van der Waals surface area contributed by atoms with Gasteiger partial charge in [0.05, 0.1) is 18.8 Å².